The van der Waals surface area contributed by atoms with Crippen molar-refractivity contribution in [1.29, 1.82) is 0 Å². The van der Waals surface area contributed by atoms with E-state index in [0.717, 1.165) is 6.04 Å². The van der Waals surface area contributed by atoms with Gasteiger partial charge in [-0.2, -0.15) is 0 Å². The first-order chi connectivity index (χ1) is 5.83. The number of hydrogen-bond acceptors (Lipinski definition) is 2. The molecule has 0 aromatic heterocycles. The number of nitrogens with zero attached hydrogens (tertiary/aromatic N) is 1. The highest BCUT2D eigenvalue weighted by Gasteiger charge is 2.39. The summed E-state index contributed by atoms with van der Waals surface area (Å²) in [5.74, 6) is 0. The average Bonchev–Trinajstić information content (AvgIpc) is 1.97. The van der Waals surface area contributed by atoms with Crippen LogP contribution in [0.2, 0.25) is 0 Å². The molecule has 0 aliphatic heterocycles. The highest BCUT2D eigenvalue weighted by molar-refractivity contribution is 4.94. The number of hydrogen-bond donors (Lipinski definition) is 1. The van der Waals surface area contributed by atoms with Gasteiger partial charge in [-0.1, -0.05) is 13.8 Å². The van der Waals surface area contributed by atoms with Crippen molar-refractivity contribution in [2.75, 3.05) is 7.05 Å². The molecule has 0 aromatic rings. The molecule has 13 heavy (non-hydrogen) atoms. The first kappa shape index (κ1) is 11.0. The summed E-state index contributed by atoms with van der Waals surface area (Å²) in [6.45, 7) is 8.99. The third-order valence-corrected chi connectivity index (χ3v) is 3.56. The van der Waals surface area contributed by atoms with Crippen LogP contribution < -0.4 is 5.73 Å². The molecule has 2 nitrogen and oxygen atoms in total. The van der Waals surface area contributed by atoms with Crippen LogP contribution in [0.5, 0.6) is 0 Å². The van der Waals surface area contributed by atoms with Crippen molar-refractivity contribution in [3.05, 3.63) is 0 Å². The van der Waals surface area contributed by atoms with Crippen LogP contribution in [-0.2, 0) is 0 Å². The van der Waals surface area contributed by atoms with Crippen LogP contribution in [0.15, 0.2) is 0 Å². The molecule has 0 amide bonds. The largest absolute Gasteiger partial charge is 0.327 e. The quantitative estimate of drug-likeness (QED) is 0.725. The second-order valence-electron chi connectivity index (χ2n) is 5.49. The maximum absolute atomic E-state index is 5.88. The Morgan fingerprint density at radius 1 is 1.31 bits per heavy atom. The van der Waals surface area contributed by atoms with Crippen molar-refractivity contribution in [2.45, 2.75) is 58.7 Å². The van der Waals surface area contributed by atoms with Gasteiger partial charge in [0.15, 0.2) is 0 Å². The number of rotatable bonds is 3. The highest BCUT2D eigenvalue weighted by atomic mass is 15.2. The summed E-state index contributed by atoms with van der Waals surface area (Å²) in [6, 6.07) is 1.53. The van der Waals surface area contributed by atoms with Gasteiger partial charge < -0.3 is 5.73 Å². The van der Waals surface area contributed by atoms with Crippen LogP contribution in [0.25, 0.3) is 0 Å². The SMILES string of the molecule is CC(N)C(C)N(C)C1CC(C)(C)C1. The number of likely N-dealkylation sites (N-methyl/N-ethyl adjacent to an activating group) is 1. The third kappa shape index (κ3) is 2.44. The maximum Gasteiger partial charge on any atom is 0.0216 e. The molecule has 1 fully saturated rings. The second-order valence-corrected chi connectivity index (χ2v) is 5.49. The topological polar surface area (TPSA) is 29.3 Å². The van der Waals surface area contributed by atoms with E-state index in [9.17, 15) is 0 Å². The molecule has 0 bridgehead atoms. The lowest BCUT2D eigenvalue weighted by atomic mass is 9.67. The fourth-order valence-electron chi connectivity index (χ4n) is 2.21. The second kappa shape index (κ2) is 3.58. The predicted molar refractivity (Wildman–Crippen MR) is 57.7 cm³/mol. The monoisotopic (exact) mass is 184 g/mol. The molecule has 0 heterocycles. The zero-order valence-electron chi connectivity index (χ0n) is 9.67. The number of nitrogens with two attached hydrogens (primary N) is 1. The van der Waals surface area contributed by atoms with Crippen molar-refractivity contribution >= 4 is 0 Å². The fraction of sp³-hybridized carbons (Fsp3) is 1.00. The van der Waals surface area contributed by atoms with E-state index in [1.807, 2.05) is 0 Å². The summed E-state index contributed by atoms with van der Waals surface area (Å²) in [5.41, 5.74) is 6.45. The zero-order valence-corrected chi connectivity index (χ0v) is 9.67. The Hall–Kier alpha value is -0.0800. The smallest absolute Gasteiger partial charge is 0.0216 e. The van der Waals surface area contributed by atoms with Crippen LogP contribution >= 0.6 is 0 Å². The Bertz CT molecular complexity index is 167. The molecule has 0 spiro atoms. The van der Waals surface area contributed by atoms with Crippen molar-refractivity contribution in [2.24, 2.45) is 11.1 Å². The van der Waals surface area contributed by atoms with E-state index in [2.05, 4.69) is 39.6 Å². The van der Waals surface area contributed by atoms with E-state index in [-0.39, 0.29) is 6.04 Å². The van der Waals surface area contributed by atoms with Crippen molar-refractivity contribution in [3.8, 4) is 0 Å². The molecule has 1 rings (SSSR count). The summed E-state index contributed by atoms with van der Waals surface area (Å²) in [4.78, 5) is 2.44. The van der Waals surface area contributed by atoms with E-state index in [0.29, 0.717) is 11.5 Å². The van der Waals surface area contributed by atoms with Gasteiger partial charge in [0.05, 0.1) is 0 Å². The molecular weight excluding hydrogens is 160 g/mol. The van der Waals surface area contributed by atoms with E-state index < -0.39 is 0 Å². The molecule has 2 atom stereocenters. The van der Waals surface area contributed by atoms with Gasteiger partial charge in [-0.3, -0.25) is 4.90 Å². The van der Waals surface area contributed by atoms with Gasteiger partial charge in [0, 0.05) is 18.1 Å². The van der Waals surface area contributed by atoms with Crippen LogP contribution in [0.3, 0.4) is 0 Å². The molecule has 1 aliphatic carbocycles. The van der Waals surface area contributed by atoms with E-state index >= 15 is 0 Å². The van der Waals surface area contributed by atoms with Crippen molar-refractivity contribution in [3.63, 3.8) is 0 Å². The zero-order chi connectivity index (χ0) is 10.2. The van der Waals surface area contributed by atoms with Crippen LogP contribution in [-0.4, -0.2) is 30.1 Å². The molecular formula is C11H24N2. The highest BCUT2D eigenvalue weighted by Crippen LogP contribution is 2.42. The molecule has 1 aliphatic rings. The van der Waals surface area contributed by atoms with Gasteiger partial charge in [0.1, 0.15) is 0 Å². The first-order valence-electron chi connectivity index (χ1n) is 5.31. The Kier molecular flexibility index (Phi) is 3.03. The summed E-state index contributed by atoms with van der Waals surface area (Å²) in [7, 11) is 2.20. The van der Waals surface area contributed by atoms with Crippen LogP contribution in [0.4, 0.5) is 0 Å². The molecule has 2 heteroatoms. The normalized spacial score (nSPS) is 27.0. The van der Waals surface area contributed by atoms with Crippen LogP contribution in [0.1, 0.15) is 40.5 Å². The summed E-state index contributed by atoms with van der Waals surface area (Å²) >= 11 is 0. The molecule has 78 valence electrons. The summed E-state index contributed by atoms with van der Waals surface area (Å²) < 4.78 is 0. The molecule has 1 saturated carbocycles. The lowest BCUT2D eigenvalue weighted by molar-refractivity contribution is 0.0164. The Morgan fingerprint density at radius 2 is 1.77 bits per heavy atom. The summed E-state index contributed by atoms with van der Waals surface area (Å²) in [6.07, 6.45) is 2.64. The minimum absolute atomic E-state index is 0.272. The van der Waals surface area contributed by atoms with Crippen LogP contribution in [0, 0.1) is 5.41 Å². The average molecular weight is 184 g/mol. The van der Waals surface area contributed by atoms with Gasteiger partial charge >= 0.3 is 0 Å². The van der Waals surface area contributed by atoms with Gasteiger partial charge in [-0.25, -0.2) is 0 Å². The Labute approximate surface area is 82.5 Å². The lowest BCUT2D eigenvalue weighted by Crippen LogP contribution is -2.54. The van der Waals surface area contributed by atoms with Gasteiger partial charge in [-0.05, 0) is 39.2 Å². The lowest BCUT2D eigenvalue weighted by Gasteiger charge is -2.49. The fourth-order valence-corrected chi connectivity index (χ4v) is 2.21. The summed E-state index contributed by atoms with van der Waals surface area (Å²) in [5, 5.41) is 0. The molecule has 2 unspecified atom stereocenters. The molecule has 0 radical (unpaired) electrons. The van der Waals surface area contributed by atoms with E-state index in [4.69, 9.17) is 5.73 Å². The predicted octanol–water partition coefficient (Wildman–Crippen LogP) is 1.84. The van der Waals surface area contributed by atoms with Gasteiger partial charge in [-0.15, -0.1) is 0 Å². The minimum atomic E-state index is 0.272. The van der Waals surface area contributed by atoms with E-state index in [1.54, 1.807) is 0 Å². The van der Waals surface area contributed by atoms with Crippen molar-refractivity contribution < 1.29 is 0 Å². The molecule has 0 aromatic carbocycles. The Morgan fingerprint density at radius 3 is 2.08 bits per heavy atom. The maximum atomic E-state index is 5.88. The molecule has 2 N–H and O–H groups in total. The van der Waals surface area contributed by atoms with Gasteiger partial charge in [0.25, 0.3) is 0 Å². The Balaban J connectivity index is 2.38. The van der Waals surface area contributed by atoms with Gasteiger partial charge in [0.2, 0.25) is 0 Å². The van der Waals surface area contributed by atoms with E-state index in [1.165, 1.54) is 12.8 Å². The minimum Gasteiger partial charge on any atom is -0.327 e. The molecule has 0 saturated heterocycles. The first-order valence-corrected chi connectivity index (χ1v) is 5.31. The van der Waals surface area contributed by atoms with Crippen molar-refractivity contribution in [1.82, 2.24) is 4.90 Å². The standard InChI is InChI=1S/C11H24N2/c1-8(12)9(2)13(5)10-6-11(3,4)7-10/h8-10H,6-7,12H2,1-5H3. The third-order valence-electron chi connectivity index (χ3n) is 3.56.